The van der Waals surface area contributed by atoms with E-state index in [0.717, 1.165) is 33.3 Å². The van der Waals surface area contributed by atoms with Gasteiger partial charge in [0.1, 0.15) is 11.2 Å². The summed E-state index contributed by atoms with van der Waals surface area (Å²) in [7, 11) is 0. The van der Waals surface area contributed by atoms with Crippen molar-refractivity contribution in [3.05, 3.63) is 146 Å². The smallest absolute Gasteiger partial charge is 0.136 e. The van der Waals surface area contributed by atoms with Crippen LogP contribution < -0.4 is 5.32 Å². The molecular formula is C36H25NO. The summed E-state index contributed by atoms with van der Waals surface area (Å²) in [5.74, 6) is 0. The molecule has 0 radical (unpaired) electrons. The van der Waals surface area contributed by atoms with Crippen molar-refractivity contribution in [2.24, 2.45) is 0 Å². The van der Waals surface area contributed by atoms with Crippen molar-refractivity contribution in [3.63, 3.8) is 0 Å². The first-order valence-corrected chi connectivity index (χ1v) is 12.9. The van der Waals surface area contributed by atoms with E-state index < -0.39 is 0 Å². The Kier molecular flexibility index (Phi) is 5.49. The van der Waals surface area contributed by atoms with Crippen LogP contribution in [0, 0.1) is 0 Å². The molecule has 180 valence electrons. The molecule has 6 aromatic carbocycles. The van der Waals surface area contributed by atoms with E-state index in [1.165, 1.54) is 33.4 Å². The summed E-state index contributed by atoms with van der Waals surface area (Å²) >= 11 is 0. The molecule has 0 atom stereocenters. The van der Waals surface area contributed by atoms with E-state index in [2.05, 4.69) is 127 Å². The molecule has 0 saturated carbocycles. The number of hydrogen-bond donors (Lipinski definition) is 1. The first kappa shape index (κ1) is 22.1. The third-order valence-electron chi connectivity index (χ3n) is 7.10. The maximum absolute atomic E-state index is 6.07. The molecule has 7 aromatic rings. The Morgan fingerprint density at radius 1 is 0.368 bits per heavy atom. The predicted molar refractivity (Wildman–Crippen MR) is 160 cm³/mol. The third kappa shape index (κ3) is 4.12. The highest BCUT2D eigenvalue weighted by Gasteiger charge is 2.12. The fraction of sp³-hybridized carbons (Fsp3) is 0. The van der Waals surface area contributed by atoms with E-state index in [1.54, 1.807) is 0 Å². The van der Waals surface area contributed by atoms with Crippen LogP contribution in [0.5, 0.6) is 0 Å². The van der Waals surface area contributed by atoms with E-state index in [-0.39, 0.29) is 0 Å². The van der Waals surface area contributed by atoms with Crippen molar-refractivity contribution in [2.75, 3.05) is 5.32 Å². The van der Waals surface area contributed by atoms with Crippen molar-refractivity contribution in [3.8, 4) is 33.4 Å². The molecule has 0 amide bonds. The molecule has 0 aliphatic heterocycles. The zero-order chi connectivity index (χ0) is 25.3. The summed E-state index contributed by atoms with van der Waals surface area (Å²) in [5, 5.41) is 5.85. The Morgan fingerprint density at radius 3 is 1.53 bits per heavy atom. The molecule has 38 heavy (non-hydrogen) atoms. The highest BCUT2D eigenvalue weighted by Crippen LogP contribution is 2.37. The van der Waals surface area contributed by atoms with Crippen molar-refractivity contribution < 1.29 is 4.42 Å². The third-order valence-corrected chi connectivity index (χ3v) is 7.10. The molecule has 0 unspecified atom stereocenters. The van der Waals surface area contributed by atoms with E-state index in [0.29, 0.717) is 0 Å². The molecular weight excluding hydrogens is 462 g/mol. The number of fused-ring (bicyclic) bond motifs is 3. The predicted octanol–water partition coefficient (Wildman–Crippen LogP) is 10.3. The number of para-hydroxylation sites is 1. The second-order valence-corrected chi connectivity index (χ2v) is 9.50. The van der Waals surface area contributed by atoms with E-state index in [1.807, 2.05) is 24.3 Å². The lowest BCUT2D eigenvalue weighted by Gasteiger charge is -2.10. The molecule has 0 fully saturated rings. The Bertz CT molecular complexity index is 1850. The van der Waals surface area contributed by atoms with Gasteiger partial charge in [0, 0.05) is 22.1 Å². The van der Waals surface area contributed by atoms with Gasteiger partial charge in [-0.25, -0.2) is 0 Å². The van der Waals surface area contributed by atoms with Gasteiger partial charge in [0.15, 0.2) is 0 Å². The Morgan fingerprint density at radius 2 is 0.868 bits per heavy atom. The minimum atomic E-state index is 0.917. The quantitative estimate of drug-likeness (QED) is 0.261. The maximum Gasteiger partial charge on any atom is 0.136 e. The SMILES string of the molecule is c1ccc(-c2ccc(-c3ccc(Nc4ccc(-c5cccc6oc7ccccc7c56)cc4)cc3)cc2)cc1. The van der Waals surface area contributed by atoms with Gasteiger partial charge < -0.3 is 9.73 Å². The second kappa shape index (κ2) is 9.42. The van der Waals surface area contributed by atoms with Crippen molar-refractivity contribution >= 4 is 33.3 Å². The lowest BCUT2D eigenvalue weighted by molar-refractivity contribution is 0.669. The summed E-state index contributed by atoms with van der Waals surface area (Å²) in [5.41, 5.74) is 11.2. The van der Waals surface area contributed by atoms with E-state index >= 15 is 0 Å². The summed E-state index contributed by atoms with van der Waals surface area (Å²) in [6.07, 6.45) is 0. The lowest BCUT2D eigenvalue weighted by atomic mass is 9.99. The fourth-order valence-corrected chi connectivity index (χ4v) is 5.15. The van der Waals surface area contributed by atoms with Gasteiger partial charge in [0.25, 0.3) is 0 Å². The molecule has 1 aromatic heterocycles. The van der Waals surface area contributed by atoms with Crippen LogP contribution in [0.3, 0.4) is 0 Å². The highest BCUT2D eigenvalue weighted by atomic mass is 16.3. The van der Waals surface area contributed by atoms with Gasteiger partial charge in [-0.3, -0.25) is 0 Å². The number of rotatable bonds is 5. The Balaban J connectivity index is 1.10. The van der Waals surface area contributed by atoms with Gasteiger partial charge >= 0.3 is 0 Å². The molecule has 7 rings (SSSR count). The van der Waals surface area contributed by atoms with Gasteiger partial charge in [-0.1, -0.05) is 109 Å². The molecule has 0 aliphatic carbocycles. The molecule has 1 N–H and O–H groups in total. The highest BCUT2D eigenvalue weighted by molar-refractivity contribution is 6.12. The molecule has 2 heteroatoms. The standard InChI is InChI=1S/C36H25NO/c1-2-7-25(8-3-1)26-13-15-27(16-14-26)28-17-21-30(22-18-28)37-31-23-19-29(20-24-31)32-10-6-12-35-36(32)33-9-4-5-11-34(33)38-35/h1-24,37H. The van der Waals surface area contributed by atoms with Crippen LogP contribution in [0.2, 0.25) is 0 Å². The number of anilines is 2. The average molecular weight is 488 g/mol. The van der Waals surface area contributed by atoms with Crippen molar-refractivity contribution in [1.29, 1.82) is 0 Å². The van der Waals surface area contributed by atoms with Crippen LogP contribution in [0.1, 0.15) is 0 Å². The lowest BCUT2D eigenvalue weighted by Crippen LogP contribution is -1.90. The maximum atomic E-state index is 6.07. The van der Waals surface area contributed by atoms with Crippen molar-refractivity contribution in [2.45, 2.75) is 0 Å². The van der Waals surface area contributed by atoms with Gasteiger partial charge in [0.2, 0.25) is 0 Å². The summed E-state index contributed by atoms with van der Waals surface area (Å²) < 4.78 is 6.07. The summed E-state index contributed by atoms with van der Waals surface area (Å²) in [6, 6.07) is 50.9. The zero-order valence-electron chi connectivity index (χ0n) is 20.8. The largest absolute Gasteiger partial charge is 0.456 e. The van der Waals surface area contributed by atoms with Crippen LogP contribution in [-0.4, -0.2) is 0 Å². The molecule has 2 nitrogen and oxygen atoms in total. The fourth-order valence-electron chi connectivity index (χ4n) is 5.15. The zero-order valence-corrected chi connectivity index (χ0v) is 20.8. The molecule has 0 saturated heterocycles. The van der Waals surface area contributed by atoms with Crippen LogP contribution in [0.15, 0.2) is 150 Å². The van der Waals surface area contributed by atoms with Gasteiger partial charge in [0.05, 0.1) is 0 Å². The number of benzene rings is 6. The molecule has 0 bridgehead atoms. The van der Waals surface area contributed by atoms with Gasteiger partial charge in [-0.2, -0.15) is 0 Å². The Labute approximate surface area is 221 Å². The normalized spacial score (nSPS) is 11.2. The minimum absolute atomic E-state index is 0.917. The van der Waals surface area contributed by atoms with Crippen molar-refractivity contribution in [1.82, 2.24) is 0 Å². The molecule has 0 aliphatic rings. The Hall–Kier alpha value is -5.08. The topological polar surface area (TPSA) is 25.2 Å². The van der Waals surface area contributed by atoms with Gasteiger partial charge in [-0.05, 0) is 69.8 Å². The first-order chi connectivity index (χ1) is 18.8. The summed E-state index contributed by atoms with van der Waals surface area (Å²) in [4.78, 5) is 0. The van der Waals surface area contributed by atoms with Crippen LogP contribution in [0.25, 0.3) is 55.3 Å². The number of furan rings is 1. The van der Waals surface area contributed by atoms with Crippen LogP contribution >= 0.6 is 0 Å². The monoisotopic (exact) mass is 487 g/mol. The average Bonchev–Trinajstić information content (AvgIpc) is 3.38. The van der Waals surface area contributed by atoms with Crippen LogP contribution in [0.4, 0.5) is 11.4 Å². The van der Waals surface area contributed by atoms with Gasteiger partial charge in [-0.15, -0.1) is 0 Å². The van der Waals surface area contributed by atoms with Crippen LogP contribution in [-0.2, 0) is 0 Å². The first-order valence-electron chi connectivity index (χ1n) is 12.9. The van der Waals surface area contributed by atoms with E-state index in [4.69, 9.17) is 4.42 Å². The second-order valence-electron chi connectivity index (χ2n) is 9.50. The number of nitrogens with one attached hydrogen (secondary N) is 1. The molecule has 1 heterocycles. The minimum Gasteiger partial charge on any atom is -0.456 e. The number of hydrogen-bond acceptors (Lipinski definition) is 2. The van der Waals surface area contributed by atoms with E-state index in [9.17, 15) is 0 Å². The molecule has 0 spiro atoms. The summed E-state index contributed by atoms with van der Waals surface area (Å²) in [6.45, 7) is 0.